The Balaban J connectivity index is 3.32. The van der Waals surface area contributed by atoms with Crippen molar-refractivity contribution < 1.29 is 0 Å². The molecule has 0 N–H and O–H groups in total. The van der Waals surface area contributed by atoms with Crippen molar-refractivity contribution in [3.63, 3.8) is 0 Å². The monoisotopic (exact) mass is 219 g/mol. The Labute approximate surface area is 90.1 Å². The van der Waals surface area contributed by atoms with Crippen molar-refractivity contribution in [1.29, 1.82) is 0 Å². The van der Waals surface area contributed by atoms with Crippen LogP contribution in [0.4, 0.5) is 0 Å². The molecule has 1 nitrogen and oxygen atoms in total. The molecule has 0 fully saturated rings. The lowest BCUT2D eigenvalue weighted by atomic mass is 9.93. The summed E-state index contributed by atoms with van der Waals surface area (Å²) in [6.07, 6.45) is 0. The molecule has 0 amide bonds. The van der Waals surface area contributed by atoms with Gasteiger partial charge in [0.05, 0.1) is 0 Å². The molecule has 0 saturated heterocycles. The molecule has 13 heavy (non-hydrogen) atoms. The van der Waals surface area contributed by atoms with E-state index in [1.807, 2.05) is 20.8 Å². The van der Waals surface area contributed by atoms with Gasteiger partial charge in [-0.25, -0.2) is 0 Å². The quantitative estimate of drug-likeness (QED) is 0.338. The molecule has 1 heterocycles. The largest absolute Gasteiger partial charge is 0.265 e. The van der Waals surface area contributed by atoms with Crippen molar-refractivity contribution in [2.45, 2.75) is 39.6 Å². The lowest BCUT2D eigenvalue weighted by Crippen LogP contribution is -2.38. The van der Waals surface area contributed by atoms with E-state index >= 15 is 0 Å². The average Bonchev–Trinajstić information content (AvgIpc) is 2.09. The summed E-state index contributed by atoms with van der Waals surface area (Å²) in [6, 6.07) is 0. The first kappa shape index (κ1) is 10.9. The van der Waals surface area contributed by atoms with Crippen LogP contribution < -0.4 is 0 Å². The number of alkyl halides is 1. The second kappa shape index (κ2) is 3.21. The summed E-state index contributed by atoms with van der Waals surface area (Å²) in [5.41, 5.74) is 4.60. The molecule has 0 radical (unpaired) electrons. The molecule has 1 rings (SSSR count). The average molecular weight is 220 g/mol. The Kier molecular flexibility index (Phi) is 2.70. The molecule has 0 aliphatic carbocycles. The van der Waals surface area contributed by atoms with Gasteiger partial charge in [0.2, 0.25) is 0 Å². The molecule has 0 spiro atoms. The number of nitrogens with zero attached hydrogens (tertiary/aromatic N) is 1. The zero-order valence-corrected chi connectivity index (χ0v) is 10.2. The Bertz CT molecular complexity index is 300. The minimum absolute atomic E-state index is 0.588. The summed E-state index contributed by atoms with van der Waals surface area (Å²) < 4.78 is 1.60. The third-order valence-electron chi connectivity index (χ3n) is 3.02. The zero-order valence-electron chi connectivity index (χ0n) is 8.70. The van der Waals surface area contributed by atoms with E-state index in [2.05, 4.69) is 13.8 Å². The van der Waals surface area contributed by atoms with E-state index in [9.17, 15) is 0 Å². The van der Waals surface area contributed by atoms with Gasteiger partial charge in [-0.15, -0.1) is 0 Å². The third kappa shape index (κ3) is 1.49. The van der Waals surface area contributed by atoms with E-state index in [1.54, 1.807) is 4.42 Å². The fraction of sp³-hybridized carbons (Fsp3) is 0.600. The summed E-state index contributed by atoms with van der Waals surface area (Å²) in [5.74, 6) is 0. The number of allylic oxidation sites excluding steroid dienone is 3. The van der Waals surface area contributed by atoms with Gasteiger partial charge in [0.15, 0.2) is 0 Å². The fourth-order valence-electron chi connectivity index (χ4n) is 1.50. The van der Waals surface area contributed by atoms with Crippen molar-refractivity contribution in [3.8, 4) is 0 Å². The van der Waals surface area contributed by atoms with Gasteiger partial charge in [0, 0.05) is 17.5 Å². The fourth-order valence-corrected chi connectivity index (χ4v) is 2.03. The van der Waals surface area contributed by atoms with Crippen LogP contribution in [0.1, 0.15) is 34.6 Å². The van der Waals surface area contributed by atoms with Crippen molar-refractivity contribution in [3.05, 3.63) is 22.4 Å². The smallest absolute Gasteiger partial charge is 0.148 e. The highest BCUT2D eigenvalue weighted by atomic mass is 35.5. The molecule has 0 saturated carbocycles. The summed E-state index contributed by atoms with van der Waals surface area (Å²) >= 11 is 12.5. The lowest BCUT2D eigenvalue weighted by Gasteiger charge is -2.39. The number of hydrogen-bond donors (Lipinski definition) is 0. The number of hydrogen-bond acceptors (Lipinski definition) is 1. The standard InChI is InChI=1S/C10H15Cl2N/c1-6-7(2)9(4)13(12)10(5,11)8(6)3/h1-5H3. The first-order valence-electron chi connectivity index (χ1n) is 4.31. The highest BCUT2D eigenvalue weighted by Gasteiger charge is 2.36. The van der Waals surface area contributed by atoms with Crippen LogP contribution in [0.5, 0.6) is 0 Å². The summed E-state index contributed by atoms with van der Waals surface area (Å²) in [5, 5.41) is 0. The van der Waals surface area contributed by atoms with Crippen LogP contribution in [-0.4, -0.2) is 9.42 Å². The maximum Gasteiger partial charge on any atom is 0.148 e. The van der Waals surface area contributed by atoms with Crippen molar-refractivity contribution in [1.82, 2.24) is 4.42 Å². The SMILES string of the molecule is CC1=C(C)N(Cl)C(C)(Cl)C(C)=C1C. The maximum atomic E-state index is 6.33. The Morgan fingerprint density at radius 1 is 1.08 bits per heavy atom. The predicted molar refractivity (Wildman–Crippen MR) is 58.7 cm³/mol. The molecule has 0 aromatic rings. The van der Waals surface area contributed by atoms with Crippen molar-refractivity contribution >= 4 is 23.4 Å². The summed E-state index contributed by atoms with van der Waals surface area (Å²) in [6.45, 7) is 10.1. The topological polar surface area (TPSA) is 3.24 Å². The Morgan fingerprint density at radius 2 is 1.54 bits per heavy atom. The Morgan fingerprint density at radius 3 is 2.00 bits per heavy atom. The van der Waals surface area contributed by atoms with Gasteiger partial charge in [-0.1, -0.05) is 11.6 Å². The van der Waals surface area contributed by atoms with Gasteiger partial charge in [0.25, 0.3) is 0 Å². The molecule has 1 unspecified atom stereocenters. The summed E-state index contributed by atoms with van der Waals surface area (Å²) in [7, 11) is 0. The molecular weight excluding hydrogens is 205 g/mol. The van der Waals surface area contributed by atoms with Crippen LogP contribution in [0.3, 0.4) is 0 Å². The van der Waals surface area contributed by atoms with Crippen molar-refractivity contribution in [2.24, 2.45) is 0 Å². The van der Waals surface area contributed by atoms with Crippen LogP contribution in [-0.2, 0) is 0 Å². The maximum absolute atomic E-state index is 6.33. The molecule has 0 bridgehead atoms. The molecule has 74 valence electrons. The van der Waals surface area contributed by atoms with Gasteiger partial charge < -0.3 is 0 Å². The van der Waals surface area contributed by atoms with Gasteiger partial charge in [-0.05, 0) is 51.3 Å². The van der Waals surface area contributed by atoms with Crippen LogP contribution >= 0.6 is 23.4 Å². The van der Waals surface area contributed by atoms with Gasteiger partial charge in [-0.3, -0.25) is 4.42 Å². The minimum atomic E-state index is -0.588. The lowest BCUT2D eigenvalue weighted by molar-refractivity contribution is 0.411. The van der Waals surface area contributed by atoms with E-state index in [1.165, 1.54) is 11.1 Å². The minimum Gasteiger partial charge on any atom is -0.265 e. The highest BCUT2D eigenvalue weighted by Crippen LogP contribution is 2.42. The first-order chi connectivity index (χ1) is 5.80. The molecule has 0 aromatic heterocycles. The van der Waals surface area contributed by atoms with E-state index in [-0.39, 0.29) is 0 Å². The third-order valence-corrected chi connectivity index (χ3v) is 4.15. The van der Waals surface area contributed by atoms with E-state index in [0.29, 0.717) is 0 Å². The molecule has 1 aliphatic heterocycles. The molecule has 1 atom stereocenters. The number of halogens is 2. The molecule has 1 aliphatic rings. The van der Waals surface area contributed by atoms with E-state index < -0.39 is 5.00 Å². The molecule has 0 aromatic carbocycles. The first-order valence-corrected chi connectivity index (χ1v) is 5.02. The second-order valence-corrected chi connectivity index (χ2v) is 4.77. The van der Waals surface area contributed by atoms with Crippen LogP contribution in [0.2, 0.25) is 0 Å². The van der Waals surface area contributed by atoms with Crippen molar-refractivity contribution in [2.75, 3.05) is 0 Å². The van der Waals surface area contributed by atoms with Crippen LogP contribution in [0.25, 0.3) is 0 Å². The van der Waals surface area contributed by atoms with E-state index in [0.717, 1.165) is 11.3 Å². The second-order valence-electron chi connectivity index (χ2n) is 3.69. The predicted octanol–water partition coefficient (Wildman–Crippen LogP) is 4.04. The van der Waals surface area contributed by atoms with Gasteiger partial charge in [-0.2, -0.15) is 0 Å². The molecular formula is C10H15Cl2N. The van der Waals surface area contributed by atoms with Crippen LogP contribution in [0.15, 0.2) is 22.4 Å². The number of rotatable bonds is 0. The van der Waals surface area contributed by atoms with E-state index in [4.69, 9.17) is 23.4 Å². The van der Waals surface area contributed by atoms with Gasteiger partial charge in [0.1, 0.15) is 5.00 Å². The van der Waals surface area contributed by atoms with Gasteiger partial charge >= 0.3 is 0 Å². The normalized spacial score (nSPS) is 30.2. The van der Waals surface area contributed by atoms with Crippen LogP contribution in [0, 0.1) is 0 Å². The summed E-state index contributed by atoms with van der Waals surface area (Å²) in [4.78, 5) is -0.588. The zero-order chi connectivity index (χ0) is 10.4. The Hall–Kier alpha value is -0.140. The highest BCUT2D eigenvalue weighted by molar-refractivity contribution is 6.30. The molecule has 3 heteroatoms.